The zero-order chi connectivity index (χ0) is 23.8. The lowest BCUT2D eigenvalue weighted by atomic mass is 10.2. The lowest BCUT2D eigenvalue weighted by Gasteiger charge is -2.12. The first-order chi connectivity index (χ1) is 15.6. The van der Waals surface area contributed by atoms with E-state index in [1.54, 1.807) is 41.8 Å². The Labute approximate surface area is 184 Å². The molecule has 170 valence electrons. The Morgan fingerprint density at radius 1 is 1.06 bits per heavy atom. The van der Waals surface area contributed by atoms with Crippen molar-refractivity contribution >= 4 is 28.4 Å². The van der Waals surface area contributed by atoms with Crippen LogP contribution in [0.1, 0.15) is 17.0 Å². The van der Waals surface area contributed by atoms with Crippen LogP contribution in [0.25, 0.3) is 11.0 Å². The highest BCUT2D eigenvalue weighted by Gasteiger charge is 2.31. The molecule has 4 aromatic rings. The largest absolute Gasteiger partial charge is 0.492 e. The number of anilines is 2. The highest BCUT2D eigenvalue weighted by Crippen LogP contribution is 2.31. The molecule has 33 heavy (non-hydrogen) atoms. The number of benzene rings is 2. The van der Waals surface area contributed by atoms with Gasteiger partial charge in [-0.1, -0.05) is 12.1 Å². The van der Waals surface area contributed by atoms with Gasteiger partial charge in [0.25, 0.3) is 0 Å². The standard InChI is InChI=1S/C22H17F4N5O2/c1-12-28-18-6-7-27-20(32)19(18)31(12)11-13-2-4-16(5-3-13)29-21(33)30-17-9-14(22(24,25)26)8-15(23)10-17/h2-10H,11H2,1H3,(H,27,32)(H2,29,30,33). The van der Waals surface area contributed by atoms with Gasteiger partial charge in [0.15, 0.2) is 0 Å². The van der Waals surface area contributed by atoms with Crippen molar-refractivity contribution in [1.29, 1.82) is 0 Å². The molecule has 7 nitrogen and oxygen atoms in total. The number of nitrogens with one attached hydrogen (secondary N) is 2. The van der Waals surface area contributed by atoms with E-state index in [1.807, 2.05) is 0 Å². The molecule has 4 rings (SSSR count). The number of fused-ring (bicyclic) bond motifs is 1. The summed E-state index contributed by atoms with van der Waals surface area (Å²) in [6.07, 6.45) is -3.27. The number of rotatable bonds is 4. The molecule has 0 saturated heterocycles. The topological polar surface area (TPSA) is 92.1 Å². The van der Waals surface area contributed by atoms with E-state index in [4.69, 9.17) is 0 Å². The number of aromatic hydroxyl groups is 1. The number of carbonyl (C=O) groups excluding carboxylic acids is 1. The lowest BCUT2D eigenvalue weighted by molar-refractivity contribution is -0.137. The van der Waals surface area contributed by atoms with Crippen molar-refractivity contribution < 1.29 is 27.5 Å². The first-order valence-electron chi connectivity index (χ1n) is 9.66. The van der Waals surface area contributed by atoms with Gasteiger partial charge < -0.3 is 20.3 Å². The molecule has 0 aliphatic heterocycles. The van der Waals surface area contributed by atoms with Crippen molar-refractivity contribution in [3.05, 3.63) is 77.5 Å². The monoisotopic (exact) mass is 459 g/mol. The fraction of sp³-hybridized carbons (Fsp3) is 0.136. The second-order valence-corrected chi connectivity index (χ2v) is 7.25. The average molecular weight is 459 g/mol. The van der Waals surface area contributed by atoms with Crippen molar-refractivity contribution in [3.63, 3.8) is 0 Å². The molecule has 0 atom stereocenters. The summed E-state index contributed by atoms with van der Waals surface area (Å²) in [5.74, 6) is -0.565. The molecule has 3 N–H and O–H groups in total. The summed E-state index contributed by atoms with van der Waals surface area (Å²) in [4.78, 5) is 20.4. The Balaban J connectivity index is 1.45. The molecule has 2 heterocycles. The van der Waals surface area contributed by atoms with Gasteiger partial charge in [-0.15, -0.1) is 0 Å². The van der Waals surface area contributed by atoms with Crippen molar-refractivity contribution in [2.45, 2.75) is 19.6 Å². The highest BCUT2D eigenvalue weighted by atomic mass is 19.4. The van der Waals surface area contributed by atoms with Crippen LogP contribution < -0.4 is 10.6 Å². The van der Waals surface area contributed by atoms with Gasteiger partial charge in [0.2, 0.25) is 5.88 Å². The van der Waals surface area contributed by atoms with Gasteiger partial charge in [-0.25, -0.2) is 19.2 Å². The van der Waals surface area contributed by atoms with Crippen LogP contribution in [-0.2, 0) is 12.7 Å². The number of urea groups is 1. The third kappa shape index (κ3) is 4.86. The molecule has 2 aromatic heterocycles. The maximum atomic E-state index is 13.5. The molecular weight excluding hydrogens is 442 g/mol. The van der Waals surface area contributed by atoms with E-state index in [1.165, 1.54) is 6.20 Å². The van der Waals surface area contributed by atoms with Crippen molar-refractivity contribution in [1.82, 2.24) is 14.5 Å². The molecule has 0 unspecified atom stereocenters. The van der Waals surface area contributed by atoms with Crippen LogP contribution in [0.5, 0.6) is 5.88 Å². The number of nitrogens with zero attached hydrogens (tertiary/aromatic N) is 3. The summed E-state index contributed by atoms with van der Waals surface area (Å²) in [5.41, 5.74) is 0.802. The Hall–Kier alpha value is -4.15. The Morgan fingerprint density at radius 2 is 1.76 bits per heavy atom. The number of alkyl halides is 3. The number of halogens is 4. The Kier molecular flexibility index (Phi) is 5.62. The number of aromatic nitrogens is 3. The second-order valence-electron chi connectivity index (χ2n) is 7.25. The van der Waals surface area contributed by atoms with Crippen LogP contribution in [0.15, 0.2) is 54.7 Å². The van der Waals surface area contributed by atoms with Crippen LogP contribution in [0.3, 0.4) is 0 Å². The van der Waals surface area contributed by atoms with Crippen molar-refractivity contribution in [2.24, 2.45) is 0 Å². The number of imidazole rings is 1. The molecule has 0 saturated carbocycles. The summed E-state index contributed by atoms with van der Waals surface area (Å²) in [6.45, 7) is 2.19. The van der Waals surface area contributed by atoms with Gasteiger partial charge in [0.1, 0.15) is 17.2 Å². The minimum Gasteiger partial charge on any atom is -0.492 e. The Bertz CT molecular complexity index is 1330. The van der Waals surface area contributed by atoms with Gasteiger partial charge in [-0.3, -0.25) is 0 Å². The van der Waals surface area contributed by atoms with Crippen LogP contribution in [-0.4, -0.2) is 25.7 Å². The molecular formula is C22H17F4N5O2. The van der Waals surface area contributed by atoms with E-state index in [-0.39, 0.29) is 11.6 Å². The van der Waals surface area contributed by atoms with Crippen LogP contribution >= 0.6 is 0 Å². The third-order valence-corrected chi connectivity index (χ3v) is 4.86. The van der Waals surface area contributed by atoms with E-state index in [0.717, 1.165) is 11.6 Å². The average Bonchev–Trinajstić information content (AvgIpc) is 3.04. The lowest BCUT2D eigenvalue weighted by Crippen LogP contribution is -2.20. The number of hydrogen-bond donors (Lipinski definition) is 3. The van der Waals surface area contributed by atoms with E-state index >= 15 is 0 Å². The van der Waals surface area contributed by atoms with Crippen LogP contribution in [0, 0.1) is 12.7 Å². The quantitative estimate of drug-likeness (QED) is 0.362. The number of carbonyl (C=O) groups is 1. The third-order valence-electron chi connectivity index (χ3n) is 4.86. The first kappa shape index (κ1) is 22.1. The molecule has 11 heteroatoms. The molecule has 0 fully saturated rings. The van der Waals surface area contributed by atoms with Gasteiger partial charge in [0.05, 0.1) is 11.1 Å². The molecule has 0 bridgehead atoms. The zero-order valence-electron chi connectivity index (χ0n) is 17.1. The summed E-state index contributed by atoms with van der Waals surface area (Å²) < 4.78 is 53.8. The van der Waals surface area contributed by atoms with Gasteiger partial charge >= 0.3 is 12.2 Å². The number of hydrogen-bond acceptors (Lipinski definition) is 4. The maximum absolute atomic E-state index is 13.5. The molecule has 2 amide bonds. The van der Waals surface area contributed by atoms with Crippen LogP contribution in [0.4, 0.5) is 33.7 Å². The summed E-state index contributed by atoms with van der Waals surface area (Å²) >= 11 is 0. The second kappa shape index (κ2) is 8.41. The van der Waals surface area contributed by atoms with E-state index in [0.29, 0.717) is 41.2 Å². The van der Waals surface area contributed by atoms with Gasteiger partial charge in [0, 0.05) is 24.1 Å². The predicted octanol–water partition coefficient (Wildman–Crippen LogP) is 5.30. The minimum absolute atomic E-state index is 0.130. The number of pyridine rings is 1. The SMILES string of the molecule is Cc1nc2ccnc(O)c2n1Cc1ccc(NC(=O)Nc2cc(F)cc(C(F)(F)F)c2)cc1. The normalized spacial score (nSPS) is 11.5. The van der Waals surface area contributed by atoms with Gasteiger partial charge in [-0.05, 0) is 48.9 Å². The van der Waals surface area contributed by atoms with Crippen LogP contribution in [0.2, 0.25) is 0 Å². The van der Waals surface area contributed by atoms with E-state index in [9.17, 15) is 27.5 Å². The summed E-state index contributed by atoms with van der Waals surface area (Å²) in [6, 6.07) is 9.34. The van der Waals surface area contributed by atoms with Gasteiger partial charge in [-0.2, -0.15) is 13.2 Å². The number of amides is 2. The Morgan fingerprint density at radius 3 is 2.45 bits per heavy atom. The highest BCUT2D eigenvalue weighted by molar-refractivity contribution is 5.99. The molecule has 0 aliphatic rings. The van der Waals surface area contributed by atoms with E-state index < -0.39 is 23.6 Å². The molecule has 2 aromatic carbocycles. The van der Waals surface area contributed by atoms with E-state index in [2.05, 4.69) is 20.6 Å². The first-order valence-corrected chi connectivity index (χ1v) is 9.66. The fourth-order valence-corrected chi connectivity index (χ4v) is 3.37. The summed E-state index contributed by atoms with van der Waals surface area (Å²) in [5, 5.41) is 14.7. The predicted molar refractivity (Wildman–Crippen MR) is 114 cm³/mol. The van der Waals surface area contributed by atoms with Crippen molar-refractivity contribution in [3.8, 4) is 5.88 Å². The summed E-state index contributed by atoms with van der Waals surface area (Å²) in [7, 11) is 0. The fourth-order valence-electron chi connectivity index (χ4n) is 3.37. The zero-order valence-corrected chi connectivity index (χ0v) is 17.1. The minimum atomic E-state index is -4.74. The van der Waals surface area contributed by atoms with Crippen molar-refractivity contribution in [2.75, 3.05) is 10.6 Å². The maximum Gasteiger partial charge on any atom is 0.416 e. The molecule has 0 radical (unpaired) electrons. The molecule has 0 aliphatic carbocycles. The number of aryl methyl sites for hydroxylation is 1. The smallest absolute Gasteiger partial charge is 0.416 e. The molecule has 0 spiro atoms.